The Morgan fingerprint density at radius 1 is 1.17 bits per heavy atom. The van der Waals surface area contributed by atoms with E-state index in [-0.39, 0.29) is 0 Å². The van der Waals surface area contributed by atoms with Gasteiger partial charge in [0.15, 0.2) is 0 Å². The highest BCUT2D eigenvalue weighted by Gasteiger charge is 2.13. The number of benzene rings is 1. The molecule has 0 amide bonds. The van der Waals surface area contributed by atoms with Crippen LogP contribution in [0.5, 0.6) is 0 Å². The van der Waals surface area contributed by atoms with Gasteiger partial charge in [0.2, 0.25) is 0 Å². The third kappa shape index (κ3) is 6.39. The maximum Gasteiger partial charge on any atom is 0.0416 e. The maximum absolute atomic E-state index is 4.30. The van der Waals surface area contributed by atoms with Gasteiger partial charge in [-0.3, -0.25) is 0 Å². The molecule has 0 aliphatic rings. The van der Waals surface area contributed by atoms with Crippen LogP contribution in [-0.2, 0) is 6.42 Å². The lowest BCUT2D eigenvalue weighted by atomic mass is 9.89. The fourth-order valence-electron chi connectivity index (χ4n) is 2.94. The maximum atomic E-state index is 4.30. The van der Waals surface area contributed by atoms with Gasteiger partial charge in [0.05, 0.1) is 0 Å². The van der Waals surface area contributed by atoms with E-state index in [4.69, 9.17) is 0 Å². The molecule has 0 aliphatic heterocycles. The van der Waals surface area contributed by atoms with Crippen molar-refractivity contribution in [2.24, 2.45) is 5.92 Å². The molecule has 0 radical (unpaired) electrons. The molecule has 1 heteroatoms. The monoisotopic (exact) mass is 325 g/mol. The van der Waals surface area contributed by atoms with Gasteiger partial charge in [-0.25, -0.2) is 0 Å². The van der Waals surface area contributed by atoms with Crippen molar-refractivity contribution in [2.45, 2.75) is 59.8 Å². The smallest absolute Gasteiger partial charge is 0.0416 e. The zero-order valence-electron chi connectivity index (χ0n) is 16.3. The summed E-state index contributed by atoms with van der Waals surface area (Å²) in [5.74, 6) is 0.718. The number of hydrogen-bond donors (Lipinski definition) is 1. The van der Waals surface area contributed by atoms with Crippen LogP contribution in [0.4, 0.5) is 5.69 Å². The molecule has 0 bridgehead atoms. The Morgan fingerprint density at radius 2 is 1.88 bits per heavy atom. The number of hydrogen-bond acceptors (Lipinski definition) is 1. The first-order chi connectivity index (χ1) is 11.4. The fourth-order valence-corrected chi connectivity index (χ4v) is 2.94. The van der Waals surface area contributed by atoms with Crippen molar-refractivity contribution in [2.75, 3.05) is 12.4 Å². The van der Waals surface area contributed by atoms with Crippen LogP contribution in [-0.4, -0.2) is 7.05 Å². The van der Waals surface area contributed by atoms with Crippen LogP contribution in [0, 0.1) is 5.92 Å². The highest BCUT2D eigenvalue weighted by molar-refractivity contribution is 5.79. The van der Waals surface area contributed by atoms with Gasteiger partial charge in [-0.15, -0.1) is 6.58 Å². The summed E-state index contributed by atoms with van der Waals surface area (Å²) in [6.07, 6.45) is 7.61. The van der Waals surface area contributed by atoms with Crippen molar-refractivity contribution in [1.82, 2.24) is 0 Å². The Bertz CT molecular complexity index is 590. The largest absolute Gasteiger partial charge is 0.388 e. The molecule has 1 N–H and O–H groups in total. The SMILES string of the molecule is C=C(C)CCC(=C)Cc1cccc(NC)c1/C(=C\C)CCC(C)C. The molecule has 0 saturated carbocycles. The van der Waals surface area contributed by atoms with Crippen molar-refractivity contribution >= 4 is 11.3 Å². The van der Waals surface area contributed by atoms with Crippen LogP contribution in [0.3, 0.4) is 0 Å². The van der Waals surface area contributed by atoms with Gasteiger partial charge in [0, 0.05) is 18.3 Å². The second-order valence-corrected chi connectivity index (χ2v) is 7.22. The molecule has 0 spiro atoms. The molecular weight excluding hydrogens is 290 g/mol. The predicted octanol–water partition coefficient (Wildman–Crippen LogP) is 7.02. The highest BCUT2D eigenvalue weighted by atomic mass is 14.8. The molecule has 1 aromatic rings. The standard InChI is InChI=1S/C23H35N/c1-8-20(15-13-18(4)5)23-21(10-9-11-22(23)24-7)16-19(6)14-12-17(2)3/h8-11,18,24H,2,6,12-16H2,1,3-5,7H3/b20-8-. The molecule has 0 aromatic heterocycles. The Labute approximate surface area is 149 Å². The summed E-state index contributed by atoms with van der Waals surface area (Å²) in [7, 11) is 2.01. The first kappa shape index (κ1) is 20.3. The van der Waals surface area contributed by atoms with E-state index in [2.05, 4.69) is 70.4 Å². The van der Waals surface area contributed by atoms with Gasteiger partial charge in [-0.2, -0.15) is 0 Å². The molecule has 0 aliphatic carbocycles. The molecule has 0 unspecified atom stereocenters. The molecular formula is C23H35N. The van der Waals surface area contributed by atoms with Crippen LogP contribution < -0.4 is 5.32 Å². The van der Waals surface area contributed by atoms with Gasteiger partial charge in [0.1, 0.15) is 0 Å². The third-order valence-corrected chi connectivity index (χ3v) is 4.43. The summed E-state index contributed by atoms with van der Waals surface area (Å²) in [5.41, 5.74) is 7.93. The Morgan fingerprint density at radius 3 is 2.42 bits per heavy atom. The molecule has 1 rings (SSSR count). The van der Waals surface area contributed by atoms with E-state index < -0.39 is 0 Å². The second kappa shape index (κ2) is 10.2. The first-order valence-electron chi connectivity index (χ1n) is 9.15. The summed E-state index contributed by atoms with van der Waals surface area (Å²) in [6, 6.07) is 6.57. The van der Waals surface area contributed by atoms with Crippen molar-refractivity contribution in [3.05, 3.63) is 59.7 Å². The van der Waals surface area contributed by atoms with Crippen molar-refractivity contribution in [3.63, 3.8) is 0 Å². The van der Waals surface area contributed by atoms with E-state index in [0.29, 0.717) is 0 Å². The minimum Gasteiger partial charge on any atom is -0.388 e. The summed E-state index contributed by atoms with van der Waals surface area (Å²) < 4.78 is 0. The number of allylic oxidation sites excluding steroid dienone is 4. The summed E-state index contributed by atoms with van der Waals surface area (Å²) in [5, 5.41) is 3.38. The van der Waals surface area contributed by atoms with Crippen LogP contribution in [0.25, 0.3) is 5.57 Å². The van der Waals surface area contributed by atoms with E-state index in [1.54, 1.807) is 0 Å². The number of anilines is 1. The Hall–Kier alpha value is -1.76. The van der Waals surface area contributed by atoms with E-state index in [1.165, 1.54) is 40.0 Å². The molecule has 24 heavy (non-hydrogen) atoms. The molecule has 0 fully saturated rings. The van der Waals surface area contributed by atoms with Gasteiger partial charge in [0.25, 0.3) is 0 Å². The third-order valence-electron chi connectivity index (χ3n) is 4.43. The number of nitrogens with one attached hydrogen (secondary N) is 1. The number of rotatable bonds is 10. The van der Waals surface area contributed by atoms with E-state index >= 15 is 0 Å². The molecule has 1 nitrogen and oxygen atoms in total. The van der Waals surface area contributed by atoms with Gasteiger partial charge in [-0.05, 0) is 69.1 Å². The first-order valence-corrected chi connectivity index (χ1v) is 9.15. The zero-order valence-corrected chi connectivity index (χ0v) is 16.3. The lowest BCUT2D eigenvalue weighted by Crippen LogP contribution is -2.03. The zero-order chi connectivity index (χ0) is 18.1. The van der Waals surface area contributed by atoms with E-state index in [0.717, 1.165) is 31.6 Å². The minimum atomic E-state index is 0.718. The minimum absolute atomic E-state index is 0.718. The average molecular weight is 326 g/mol. The van der Waals surface area contributed by atoms with Gasteiger partial charge in [-0.1, -0.05) is 49.8 Å². The summed E-state index contributed by atoms with van der Waals surface area (Å²) in [4.78, 5) is 0. The summed E-state index contributed by atoms with van der Waals surface area (Å²) >= 11 is 0. The van der Waals surface area contributed by atoms with Crippen molar-refractivity contribution < 1.29 is 0 Å². The molecule has 1 aromatic carbocycles. The fraction of sp³-hybridized carbons (Fsp3) is 0.478. The van der Waals surface area contributed by atoms with Crippen LogP contribution >= 0.6 is 0 Å². The molecule has 0 atom stereocenters. The Kier molecular flexibility index (Phi) is 8.60. The topological polar surface area (TPSA) is 12.0 Å². The molecule has 132 valence electrons. The van der Waals surface area contributed by atoms with Crippen LogP contribution in [0.2, 0.25) is 0 Å². The second-order valence-electron chi connectivity index (χ2n) is 7.22. The van der Waals surface area contributed by atoms with Gasteiger partial charge >= 0.3 is 0 Å². The average Bonchev–Trinajstić information content (AvgIpc) is 2.54. The van der Waals surface area contributed by atoms with Crippen molar-refractivity contribution in [3.8, 4) is 0 Å². The lowest BCUT2D eigenvalue weighted by molar-refractivity contribution is 0.598. The van der Waals surface area contributed by atoms with Crippen LogP contribution in [0.1, 0.15) is 64.5 Å². The Balaban J connectivity index is 3.07. The summed E-state index contributed by atoms with van der Waals surface area (Å²) in [6.45, 7) is 17.1. The molecule has 0 heterocycles. The van der Waals surface area contributed by atoms with Crippen molar-refractivity contribution in [1.29, 1.82) is 0 Å². The lowest BCUT2D eigenvalue weighted by Gasteiger charge is -2.19. The van der Waals surface area contributed by atoms with Crippen LogP contribution in [0.15, 0.2) is 48.6 Å². The molecule has 0 saturated heterocycles. The van der Waals surface area contributed by atoms with E-state index in [9.17, 15) is 0 Å². The predicted molar refractivity (Wildman–Crippen MR) is 111 cm³/mol. The van der Waals surface area contributed by atoms with E-state index in [1.807, 2.05) is 7.05 Å². The normalized spacial score (nSPS) is 11.7. The van der Waals surface area contributed by atoms with Gasteiger partial charge < -0.3 is 5.32 Å². The highest BCUT2D eigenvalue weighted by Crippen LogP contribution is 2.33. The quantitative estimate of drug-likeness (QED) is 0.456.